The van der Waals surface area contributed by atoms with E-state index in [0.29, 0.717) is 12.0 Å². The molecule has 1 aromatic rings. The van der Waals surface area contributed by atoms with Crippen LogP contribution in [0.3, 0.4) is 0 Å². The Morgan fingerprint density at radius 2 is 2.20 bits per heavy atom. The second-order valence-corrected chi connectivity index (χ2v) is 5.45. The van der Waals surface area contributed by atoms with Gasteiger partial charge in [-0.1, -0.05) is 12.1 Å². The molecule has 0 aliphatic heterocycles. The average molecular weight is 280 g/mol. The van der Waals surface area contributed by atoms with E-state index in [9.17, 15) is 9.18 Å². The van der Waals surface area contributed by atoms with Crippen LogP contribution < -0.4 is 15.8 Å². The standard InChI is InChI=1S/C15H21FN2O2/c1-9(17)8-11-4-3-5-13(16)14(11)20-10(2)15(19)18-12-6-7-12/h3-5,9-10,12H,6-8,17H2,1-2H3,(H,18,19). The number of carbonyl (C=O) groups is 1. The molecule has 1 aliphatic carbocycles. The van der Waals surface area contributed by atoms with Crippen LogP contribution in [0.2, 0.25) is 0 Å². The first kappa shape index (κ1) is 14.8. The van der Waals surface area contributed by atoms with Gasteiger partial charge >= 0.3 is 0 Å². The molecule has 0 heterocycles. The Morgan fingerprint density at radius 1 is 1.50 bits per heavy atom. The molecule has 1 aromatic carbocycles. The maximum absolute atomic E-state index is 13.9. The lowest BCUT2D eigenvalue weighted by Gasteiger charge is -2.18. The maximum atomic E-state index is 13.9. The zero-order valence-electron chi connectivity index (χ0n) is 11.9. The van der Waals surface area contributed by atoms with E-state index in [2.05, 4.69) is 5.32 Å². The van der Waals surface area contributed by atoms with Crippen molar-refractivity contribution in [2.45, 2.75) is 51.3 Å². The highest BCUT2D eigenvalue weighted by molar-refractivity contribution is 5.81. The van der Waals surface area contributed by atoms with Gasteiger partial charge in [-0.25, -0.2) is 4.39 Å². The quantitative estimate of drug-likeness (QED) is 0.834. The first-order valence-corrected chi connectivity index (χ1v) is 6.97. The van der Waals surface area contributed by atoms with Crippen molar-refractivity contribution in [3.8, 4) is 5.75 Å². The molecular formula is C15H21FN2O2. The highest BCUT2D eigenvalue weighted by Gasteiger charge is 2.27. The van der Waals surface area contributed by atoms with Crippen LogP contribution in [-0.4, -0.2) is 24.1 Å². The molecule has 0 saturated heterocycles. The molecule has 5 heteroatoms. The van der Waals surface area contributed by atoms with Crippen molar-refractivity contribution in [3.05, 3.63) is 29.6 Å². The highest BCUT2D eigenvalue weighted by atomic mass is 19.1. The van der Waals surface area contributed by atoms with Crippen LogP contribution >= 0.6 is 0 Å². The van der Waals surface area contributed by atoms with Crippen LogP contribution in [0.1, 0.15) is 32.3 Å². The lowest BCUT2D eigenvalue weighted by atomic mass is 10.1. The Labute approximate surface area is 118 Å². The second kappa shape index (κ2) is 6.22. The number of ether oxygens (including phenoxy) is 1. The molecule has 1 fully saturated rings. The molecule has 2 unspecified atom stereocenters. The van der Waals surface area contributed by atoms with E-state index in [4.69, 9.17) is 10.5 Å². The van der Waals surface area contributed by atoms with Crippen LogP contribution in [0.4, 0.5) is 4.39 Å². The Balaban J connectivity index is 2.08. The van der Waals surface area contributed by atoms with Crippen molar-refractivity contribution in [3.63, 3.8) is 0 Å². The van der Waals surface area contributed by atoms with Gasteiger partial charge in [0.2, 0.25) is 0 Å². The number of hydrogen-bond acceptors (Lipinski definition) is 3. The van der Waals surface area contributed by atoms with Gasteiger partial charge in [0, 0.05) is 12.1 Å². The normalized spacial score (nSPS) is 17.4. The molecule has 2 rings (SSSR count). The largest absolute Gasteiger partial charge is 0.478 e. The van der Waals surface area contributed by atoms with Crippen molar-refractivity contribution in [2.75, 3.05) is 0 Å². The predicted octanol–water partition coefficient (Wildman–Crippen LogP) is 1.76. The van der Waals surface area contributed by atoms with Gasteiger partial charge in [-0.15, -0.1) is 0 Å². The zero-order chi connectivity index (χ0) is 14.7. The molecule has 20 heavy (non-hydrogen) atoms. The van der Waals surface area contributed by atoms with E-state index in [1.54, 1.807) is 19.1 Å². The molecule has 110 valence electrons. The Hall–Kier alpha value is -1.62. The number of benzene rings is 1. The number of halogens is 1. The van der Waals surface area contributed by atoms with Gasteiger partial charge in [0.1, 0.15) is 0 Å². The summed E-state index contributed by atoms with van der Waals surface area (Å²) in [6.45, 7) is 3.47. The summed E-state index contributed by atoms with van der Waals surface area (Å²) in [6, 6.07) is 4.88. The van der Waals surface area contributed by atoms with Crippen LogP contribution in [0.25, 0.3) is 0 Å². The number of amides is 1. The van der Waals surface area contributed by atoms with E-state index in [1.807, 2.05) is 6.92 Å². The Morgan fingerprint density at radius 3 is 2.80 bits per heavy atom. The van der Waals surface area contributed by atoms with Gasteiger partial charge < -0.3 is 15.8 Å². The summed E-state index contributed by atoms with van der Waals surface area (Å²) in [5.41, 5.74) is 6.44. The smallest absolute Gasteiger partial charge is 0.260 e. The van der Waals surface area contributed by atoms with Crippen LogP contribution in [-0.2, 0) is 11.2 Å². The summed E-state index contributed by atoms with van der Waals surface area (Å²) < 4.78 is 19.4. The number of hydrogen-bond donors (Lipinski definition) is 2. The van der Waals surface area contributed by atoms with Gasteiger partial charge in [-0.05, 0) is 44.7 Å². The molecule has 3 N–H and O–H groups in total. The summed E-state index contributed by atoms with van der Waals surface area (Å²) in [5.74, 6) is -0.542. The summed E-state index contributed by atoms with van der Waals surface area (Å²) in [4.78, 5) is 11.9. The minimum Gasteiger partial charge on any atom is -0.478 e. The second-order valence-electron chi connectivity index (χ2n) is 5.45. The van der Waals surface area contributed by atoms with E-state index in [-0.39, 0.29) is 23.7 Å². The average Bonchev–Trinajstić information content (AvgIpc) is 3.16. The maximum Gasteiger partial charge on any atom is 0.260 e. The predicted molar refractivity (Wildman–Crippen MR) is 75.0 cm³/mol. The molecule has 4 nitrogen and oxygen atoms in total. The number of para-hydroxylation sites is 1. The summed E-state index contributed by atoms with van der Waals surface area (Å²) in [5, 5.41) is 2.84. The molecule has 0 spiro atoms. The lowest BCUT2D eigenvalue weighted by molar-refractivity contribution is -0.127. The van der Waals surface area contributed by atoms with Crippen molar-refractivity contribution in [2.24, 2.45) is 5.73 Å². The van der Waals surface area contributed by atoms with Gasteiger partial charge in [0.15, 0.2) is 17.7 Å². The summed E-state index contributed by atoms with van der Waals surface area (Å²) >= 11 is 0. The summed E-state index contributed by atoms with van der Waals surface area (Å²) in [6.07, 6.45) is 1.80. The number of nitrogens with two attached hydrogens (primary N) is 1. The SMILES string of the molecule is CC(N)Cc1cccc(F)c1OC(C)C(=O)NC1CC1. The van der Waals surface area contributed by atoms with Crippen molar-refractivity contribution in [1.29, 1.82) is 0 Å². The van der Waals surface area contributed by atoms with Crippen LogP contribution in [0.5, 0.6) is 5.75 Å². The third-order valence-electron chi connectivity index (χ3n) is 3.18. The van der Waals surface area contributed by atoms with E-state index < -0.39 is 11.9 Å². The highest BCUT2D eigenvalue weighted by Crippen LogP contribution is 2.25. The van der Waals surface area contributed by atoms with E-state index >= 15 is 0 Å². The zero-order valence-corrected chi connectivity index (χ0v) is 11.9. The molecule has 0 aromatic heterocycles. The molecule has 2 atom stereocenters. The van der Waals surface area contributed by atoms with Gasteiger partial charge in [-0.2, -0.15) is 0 Å². The van der Waals surface area contributed by atoms with Gasteiger partial charge in [0.05, 0.1) is 0 Å². The topological polar surface area (TPSA) is 64.3 Å². The molecule has 1 amide bonds. The third-order valence-corrected chi connectivity index (χ3v) is 3.18. The fourth-order valence-corrected chi connectivity index (χ4v) is 1.97. The van der Waals surface area contributed by atoms with Gasteiger partial charge in [0.25, 0.3) is 5.91 Å². The monoisotopic (exact) mass is 280 g/mol. The number of rotatable bonds is 6. The Kier molecular flexibility index (Phi) is 4.60. The van der Waals surface area contributed by atoms with Crippen LogP contribution in [0, 0.1) is 5.82 Å². The van der Waals surface area contributed by atoms with Crippen molar-refractivity contribution in [1.82, 2.24) is 5.32 Å². The summed E-state index contributed by atoms with van der Waals surface area (Å²) in [7, 11) is 0. The van der Waals surface area contributed by atoms with Crippen LogP contribution in [0.15, 0.2) is 18.2 Å². The first-order valence-electron chi connectivity index (χ1n) is 6.97. The fraction of sp³-hybridized carbons (Fsp3) is 0.533. The molecule has 0 radical (unpaired) electrons. The van der Waals surface area contributed by atoms with E-state index in [1.165, 1.54) is 6.07 Å². The number of nitrogens with one attached hydrogen (secondary N) is 1. The molecular weight excluding hydrogens is 259 g/mol. The first-order chi connectivity index (χ1) is 9.47. The third kappa shape index (κ3) is 3.93. The molecule has 1 saturated carbocycles. The molecule has 1 aliphatic rings. The Bertz CT molecular complexity index is 487. The lowest BCUT2D eigenvalue weighted by Crippen LogP contribution is -2.37. The van der Waals surface area contributed by atoms with E-state index in [0.717, 1.165) is 12.8 Å². The van der Waals surface area contributed by atoms with Crippen molar-refractivity contribution < 1.29 is 13.9 Å². The fourth-order valence-electron chi connectivity index (χ4n) is 1.97. The minimum absolute atomic E-state index is 0.102. The minimum atomic E-state index is -0.723. The van der Waals surface area contributed by atoms with Gasteiger partial charge in [-0.3, -0.25) is 4.79 Å². The van der Waals surface area contributed by atoms with Crippen molar-refractivity contribution >= 4 is 5.91 Å². The molecule has 0 bridgehead atoms. The number of carbonyl (C=O) groups excluding carboxylic acids is 1.